The lowest BCUT2D eigenvalue weighted by Crippen LogP contribution is -2.58. The highest BCUT2D eigenvalue weighted by Gasteiger charge is 2.38. The van der Waals surface area contributed by atoms with Crippen LogP contribution in [0.4, 0.5) is 0 Å². The standard InChI is InChI=1S/C26H40N4O5/c1-5-17(4)22(24(32)28-20(26(34)35)14-16(2)3)29-23(31)21-12-9-13-30(21)25(33)19(27)15-18-10-7-6-8-11-18/h6-8,10-11,16-17,19-22H,5,9,12-15,27H2,1-4H3,(H,28,32)(H,29,31)(H,34,35). The van der Waals surface area contributed by atoms with Gasteiger partial charge in [0, 0.05) is 6.54 Å². The highest BCUT2D eigenvalue weighted by molar-refractivity contribution is 5.94. The van der Waals surface area contributed by atoms with E-state index in [2.05, 4.69) is 10.6 Å². The van der Waals surface area contributed by atoms with Crippen LogP contribution in [0.25, 0.3) is 0 Å². The van der Waals surface area contributed by atoms with Crippen molar-refractivity contribution in [3.8, 4) is 0 Å². The van der Waals surface area contributed by atoms with E-state index in [1.807, 2.05) is 58.0 Å². The summed E-state index contributed by atoms with van der Waals surface area (Å²) in [5.41, 5.74) is 7.13. The van der Waals surface area contributed by atoms with Crippen LogP contribution >= 0.6 is 0 Å². The summed E-state index contributed by atoms with van der Waals surface area (Å²) >= 11 is 0. The number of nitrogens with zero attached hydrogens (tertiary/aromatic N) is 1. The van der Waals surface area contributed by atoms with Crippen molar-refractivity contribution in [1.82, 2.24) is 15.5 Å². The Morgan fingerprint density at radius 1 is 1.11 bits per heavy atom. The number of likely N-dealkylation sites (tertiary alicyclic amines) is 1. The third kappa shape index (κ3) is 8.06. The number of aliphatic carboxylic acids is 1. The van der Waals surface area contributed by atoms with Gasteiger partial charge in [-0.2, -0.15) is 0 Å². The zero-order chi connectivity index (χ0) is 26.1. The van der Waals surface area contributed by atoms with Crippen molar-refractivity contribution in [2.24, 2.45) is 17.6 Å². The Labute approximate surface area is 207 Å². The molecule has 0 spiro atoms. The number of carbonyl (C=O) groups is 4. The second-order valence-corrected chi connectivity index (χ2v) is 9.89. The number of nitrogens with one attached hydrogen (secondary N) is 2. The smallest absolute Gasteiger partial charge is 0.326 e. The van der Waals surface area contributed by atoms with Gasteiger partial charge in [0.15, 0.2) is 0 Å². The summed E-state index contributed by atoms with van der Waals surface area (Å²) < 4.78 is 0. The third-order valence-electron chi connectivity index (χ3n) is 6.57. The lowest BCUT2D eigenvalue weighted by atomic mass is 9.96. The molecular formula is C26H40N4O5. The fourth-order valence-corrected chi connectivity index (χ4v) is 4.38. The van der Waals surface area contributed by atoms with Crippen LogP contribution in [0.2, 0.25) is 0 Å². The predicted molar refractivity (Wildman–Crippen MR) is 133 cm³/mol. The zero-order valence-electron chi connectivity index (χ0n) is 21.2. The fraction of sp³-hybridized carbons (Fsp3) is 0.615. The second kappa shape index (κ2) is 13.2. The van der Waals surface area contributed by atoms with Gasteiger partial charge in [0.25, 0.3) is 0 Å². The number of amides is 3. The molecule has 35 heavy (non-hydrogen) atoms. The number of hydrogen-bond donors (Lipinski definition) is 4. The van der Waals surface area contributed by atoms with Crippen LogP contribution in [-0.4, -0.2) is 64.4 Å². The normalized spacial score (nSPS) is 19.0. The van der Waals surface area contributed by atoms with Gasteiger partial charge in [-0.05, 0) is 43.1 Å². The van der Waals surface area contributed by atoms with Gasteiger partial charge >= 0.3 is 5.97 Å². The van der Waals surface area contributed by atoms with Crippen molar-refractivity contribution in [3.05, 3.63) is 35.9 Å². The van der Waals surface area contributed by atoms with E-state index in [0.717, 1.165) is 5.56 Å². The molecule has 5 N–H and O–H groups in total. The van der Waals surface area contributed by atoms with Crippen molar-refractivity contribution >= 4 is 23.7 Å². The Morgan fingerprint density at radius 2 is 1.77 bits per heavy atom. The first kappa shape index (κ1) is 28.3. The van der Waals surface area contributed by atoms with Crippen molar-refractivity contribution < 1.29 is 24.3 Å². The summed E-state index contributed by atoms with van der Waals surface area (Å²) in [6, 6.07) is 6.04. The van der Waals surface area contributed by atoms with Crippen LogP contribution in [0.3, 0.4) is 0 Å². The van der Waals surface area contributed by atoms with Gasteiger partial charge in [-0.15, -0.1) is 0 Å². The van der Waals surface area contributed by atoms with E-state index >= 15 is 0 Å². The predicted octanol–water partition coefficient (Wildman–Crippen LogP) is 1.69. The number of carboxylic acids is 1. The Morgan fingerprint density at radius 3 is 2.34 bits per heavy atom. The van der Waals surface area contributed by atoms with Crippen molar-refractivity contribution in [3.63, 3.8) is 0 Å². The molecule has 3 amide bonds. The summed E-state index contributed by atoms with van der Waals surface area (Å²) in [6.45, 7) is 7.91. The first-order valence-corrected chi connectivity index (χ1v) is 12.5. The molecule has 1 heterocycles. The molecule has 1 saturated heterocycles. The SMILES string of the molecule is CCC(C)C(NC(=O)C1CCCN1C(=O)C(N)Cc1ccccc1)C(=O)NC(CC(C)C)C(=O)O. The van der Waals surface area contributed by atoms with Crippen molar-refractivity contribution in [2.45, 2.75) is 84.0 Å². The molecule has 1 aromatic carbocycles. The number of benzene rings is 1. The van der Waals surface area contributed by atoms with Gasteiger partial charge in [0.05, 0.1) is 6.04 Å². The molecular weight excluding hydrogens is 448 g/mol. The molecule has 1 fully saturated rings. The molecule has 5 unspecified atom stereocenters. The minimum atomic E-state index is -1.11. The van der Waals surface area contributed by atoms with E-state index in [0.29, 0.717) is 32.2 Å². The van der Waals surface area contributed by atoms with E-state index in [9.17, 15) is 24.3 Å². The van der Waals surface area contributed by atoms with E-state index < -0.39 is 42.0 Å². The molecule has 1 aliphatic rings. The molecule has 9 heteroatoms. The van der Waals surface area contributed by atoms with E-state index in [1.54, 1.807) is 0 Å². The molecule has 0 saturated carbocycles. The minimum absolute atomic E-state index is 0.0752. The monoisotopic (exact) mass is 488 g/mol. The van der Waals surface area contributed by atoms with Crippen LogP contribution in [0.5, 0.6) is 0 Å². The highest BCUT2D eigenvalue weighted by atomic mass is 16.4. The molecule has 2 rings (SSSR count). The van der Waals surface area contributed by atoms with Gasteiger partial charge in [-0.3, -0.25) is 14.4 Å². The average molecular weight is 489 g/mol. The molecule has 194 valence electrons. The summed E-state index contributed by atoms with van der Waals surface area (Å²) in [6.07, 6.45) is 2.41. The lowest BCUT2D eigenvalue weighted by molar-refractivity contribution is -0.143. The minimum Gasteiger partial charge on any atom is -0.480 e. The van der Waals surface area contributed by atoms with E-state index in [-0.39, 0.29) is 24.2 Å². The van der Waals surface area contributed by atoms with Crippen LogP contribution in [0, 0.1) is 11.8 Å². The van der Waals surface area contributed by atoms with Crippen LogP contribution in [-0.2, 0) is 25.6 Å². The lowest BCUT2D eigenvalue weighted by Gasteiger charge is -2.30. The Bertz CT molecular complexity index is 876. The topological polar surface area (TPSA) is 142 Å². The first-order chi connectivity index (χ1) is 16.5. The third-order valence-corrected chi connectivity index (χ3v) is 6.57. The largest absolute Gasteiger partial charge is 0.480 e. The molecule has 9 nitrogen and oxygen atoms in total. The molecule has 1 aliphatic heterocycles. The maximum absolute atomic E-state index is 13.2. The highest BCUT2D eigenvalue weighted by Crippen LogP contribution is 2.20. The number of hydrogen-bond acceptors (Lipinski definition) is 5. The van der Waals surface area contributed by atoms with Gasteiger partial charge < -0.3 is 26.4 Å². The van der Waals surface area contributed by atoms with Crippen LogP contribution in [0.15, 0.2) is 30.3 Å². The summed E-state index contributed by atoms with van der Waals surface area (Å²) in [4.78, 5) is 52.5. The Kier molecular flexibility index (Phi) is 10.7. The summed E-state index contributed by atoms with van der Waals surface area (Å²) in [7, 11) is 0. The van der Waals surface area contributed by atoms with Gasteiger partial charge in [-0.1, -0.05) is 64.4 Å². The van der Waals surface area contributed by atoms with Crippen molar-refractivity contribution in [1.29, 1.82) is 0 Å². The quantitative estimate of drug-likeness (QED) is 0.353. The Balaban J connectivity index is 2.09. The first-order valence-electron chi connectivity index (χ1n) is 12.5. The maximum atomic E-state index is 13.2. The zero-order valence-corrected chi connectivity index (χ0v) is 21.2. The average Bonchev–Trinajstić information content (AvgIpc) is 3.31. The number of nitrogens with two attached hydrogens (primary N) is 1. The number of carboxylic acid groups (broad SMARTS) is 1. The number of carbonyl (C=O) groups excluding carboxylic acids is 3. The fourth-order valence-electron chi connectivity index (χ4n) is 4.38. The van der Waals surface area contributed by atoms with Crippen LogP contribution in [0.1, 0.15) is 58.9 Å². The maximum Gasteiger partial charge on any atom is 0.326 e. The van der Waals surface area contributed by atoms with Gasteiger partial charge in [0.1, 0.15) is 18.1 Å². The molecule has 5 atom stereocenters. The van der Waals surface area contributed by atoms with Gasteiger partial charge in [-0.25, -0.2) is 4.79 Å². The van der Waals surface area contributed by atoms with Gasteiger partial charge in [0.2, 0.25) is 17.7 Å². The van der Waals surface area contributed by atoms with E-state index in [1.165, 1.54) is 4.90 Å². The Hall–Kier alpha value is -2.94. The molecule has 0 aliphatic carbocycles. The molecule has 1 aromatic rings. The van der Waals surface area contributed by atoms with E-state index in [4.69, 9.17) is 5.73 Å². The number of rotatable bonds is 12. The second-order valence-electron chi connectivity index (χ2n) is 9.89. The molecule has 0 bridgehead atoms. The van der Waals surface area contributed by atoms with Crippen LogP contribution < -0.4 is 16.4 Å². The summed E-state index contributed by atoms with van der Waals surface area (Å²) in [5.74, 6) is -2.50. The summed E-state index contributed by atoms with van der Waals surface area (Å²) in [5, 5.41) is 14.9. The molecule has 0 radical (unpaired) electrons. The molecule has 0 aromatic heterocycles. The van der Waals surface area contributed by atoms with Crippen molar-refractivity contribution in [2.75, 3.05) is 6.54 Å².